The number of thiazole rings is 1. The van der Waals surface area contributed by atoms with E-state index in [1.54, 1.807) is 20.3 Å². The number of aromatic nitrogens is 1. The van der Waals surface area contributed by atoms with E-state index in [1.165, 1.54) is 11.3 Å². The molecule has 0 saturated heterocycles. The van der Waals surface area contributed by atoms with Crippen molar-refractivity contribution < 1.29 is 14.3 Å². The number of nitrogens with one attached hydrogen (secondary N) is 1. The third kappa shape index (κ3) is 4.03. The van der Waals surface area contributed by atoms with Crippen LogP contribution in [0.5, 0.6) is 11.5 Å². The van der Waals surface area contributed by atoms with Crippen molar-refractivity contribution in [1.82, 2.24) is 4.98 Å². The van der Waals surface area contributed by atoms with E-state index in [0.29, 0.717) is 27.1 Å². The molecular formula is C20H21N3O3S. The molecule has 0 radical (unpaired) electrons. The molecule has 1 aromatic heterocycles. The molecule has 3 N–H and O–H groups in total. The first-order valence-electron chi connectivity index (χ1n) is 8.29. The zero-order valence-corrected chi connectivity index (χ0v) is 16.4. The summed E-state index contributed by atoms with van der Waals surface area (Å²) in [6.45, 7) is 3.86. The Morgan fingerprint density at radius 1 is 1.07 bits per heavy atom. The van der Waals surface area contributed by atoms with Gasteiger partial charge < -0.3 is 20.5 Å². The number of aryl methyl sites for hydroxylation is 2. The number of nitrogens with zero attached hydrogens (tertiary/aromatic N) is 1. The lowest BCUT2D eigenvalue weighted by Crippen LogP contribution is -2.05. The number of anilines is 3. The maximum absolute atomic E-state index is 12.9. The van der Waals surface area contributed by atoms with Gasteiger partial charge in [0.15, 0.2) is 5.13 Å². The molecule has 0 atom stereocenters. The molecule has 0 bridgehead atoms. The van der Waals surface area contributed by atoms with Crippen LogP contribution in [0.1, 0.15) is 26.4 Å². The number of methoxy groups -OCH3 is 2. The first-order chi connectivity index (χ1) is 12.9. The van der Waals surface area contributed by atoms with Gasteiger partial charge in [-0.05, 0) is 25.5 Å². The van der Waals surface area contributed by atoms with Crippen molar-refractivity contribution >= 4 is 33.8 Å². The van der Waals surface area contributed by atoms with E-state index in [2.05, 4.69) is 10.3 Å². The highest BCUT2D eigenvalue weighted by molar-refractivity contribution is 7.18. The number of hydrogen-bond donors (Lipinski definition) is 2. The van der Waals surface area contributed by atoms with Crippen molar-refractivity contribution in [2.24, 2.45) is 0 Å². The van der Waals surface area contributed by atoms with Crippen molar-refractivity contribution in [3.05, 3.63) is 58.0 Å². The van der Waals surface area contributed by atoms with Crippen LogP contribution in [0.2, 0.25) is 0 Å². The first-order valence-corrected chi connectivity index (χ1v) is 9.11. The molecule has 27 heavy (non-hydrogen) atoms. The highest BCUT2D eigenvalue weighted by atomic mass is 32.1. The van der Waals surface area contributed by atoms with Crippen molar-refractivity contribution in [1.29, 1.82) is 0 Å². The lowest BCUT2D eigenvalue weighted by atomic mass is 10.0. The average molecular weight is 383 g/mol. The summed E-state index contributed by atoms with van der Waals surface area (Å²) in [6.07, 6.45) is 0. The van der Waals surface area contributed by atoms with Crippen LogP contribution in [0.4, 0.5) is 16.6 Å². The molecule has 0 spiro atoms. The number of benzene rings is 2. The van der Waals surface area contributed by atoms with Crippen LogP contribution in [0.3, 0.4) is 0 Å². The molecular weight excluding hydrogens is 362 g/mol. The lowest BCUT2D eigenvalue weighted by Gasteiger charge is -2.08. The van der Waals surface area contributed by atoms with Gasteiger partial charge in [0, 0.05) is 29.4 Å². The molecule has 6 nitrogen and oxygen atoms in total. The van der Waals surface area contributed by atoms with E-state index in [-0.39, 0.29) is 11.6 Å². The molecule has 140 valence electrons. The molecule has 0 fully saturated rings. The van der Waals surface area contributed by atoms with E-state index >= 15 is 0 Å². The van der Waals surface area contributed by atoms with Crippen LogP contribution < -0.4 is 20.5 Å². The van der Waals surface area contributed by atoms with Gasteiger partial charge in [-0.1, -0.05) is 29.0 Å². The fourth-order valence-electron chi connectivity index (χ4n) is 2.65. The van der Waals surface area contributed by atoms with Crippen LogP contribution in [0.25, 0.3) is 0 Å². The summed E-state index contributed by atoms with van der Waals surface area (Å²) in [4.78, 5) is 17.6. The Labute approximate surface area is 162 Å². The largest absolute Gasteiger partial charge is 0.497 e. The quantitative estimate of drug-likeness (QED) is 0.616. The number of carbonyl (C=O) groups excluding carboxylic acids is 1. The molecule has 7 heteroatoms. The average Bonchev–Trinajstić information content (AvgIpc) is 3.02. The maximum atomic E-state index is 12.9. The standard InChI is InChI=1S/C20H21N3O3S/c1-11-5-6-12(2)16(7-11)17(24)18-19(21)23-20(27-18)22-13-8-14(25-3)10-15(9-13)26-4/h5-10H,21H2,1-4H3,(H,22,23). The monoisotopic (exact) mass is 383 g/mol. The third-order valence-electron chi connectivity index (χ3n) is 4.10. The molecule has 3 rings (SSSR count). The molecule has 3 aromatic rings. The van der Waals surface area contributed by atoms with Gasteiger partial charge in [0.25, 0.3) is 0 Å². The Kier molecular flexibility index (Phi) is 5.32. The fourth-order valence-corrected chi connectivity index (χ4v) is 3.51. The Balaban J connectivity index is 1.91. The Morgan fingerprint density at radius 3 is 2.37 bits per heavy atom. The number of hydrogen-bond acceptors (Lipinski definition) is 7. The maximum Gasteiger partial charge on any atom is 0.207 e. The van der Waals surface area contributed by atoms with Gasteiger partial charge in [0.2, 0.25) is 5.78 Å². The SMILES string of the molecule is COc1cc(Nc2nc(N)c(C(=O)c3cc(C)ccc3C)s2)cc(OC)c1. The highest BCUT2D eigenvalue weighted by Gasteiger charge is 2.20. The normalized spacial score (nSPS) is 10.5. The molecule has 0 aliphatic carbocycles. The smallest absolute Gasteiger partial charge is 0.207 e. The fraction of sp³-hybridized carbons (Fsp3) is 0.200. The van der Waals surface area contributed by atoms with Crippen molar-refractivity contribution in [2.45, 2.75) is 13.8 Å². The summed E-state index contributed by atoms with van der Waals surface area (Å²) in [7, 11) is 3.17. The van der Waals surface area contributed by atoms with Crippen LogP contribution in [-0.4, -0.2) is 25.0 Å². The third-order valence-corrected chi connectivity index (χ3v) is 5.09. The summed E-state index contributed by atoms with van der Waals surface area (Å²) in [6, 6.07) is 11.2. The van der Waals surface area contributed by atoms with Gasteiger partial charge in [-0.15, -0.1) is 0 Å². The van der Waals surface area contributed by atoms with Crippen molar-refractivity contribution in [2.75, 3.05) is 25.3 Å². The zero-order valence-electron chi connectivity index (χ0n) is 15.6. The second kappa shape index (κ2) is 7.67. The van der Waals surface area contributed by atoms with E-state index < -0.39 is 0 Å². The number of nitrogen functional groups attached to an aromatic ring is 1. The number of ether oxygens (including phenoxy) is 2. The number of nitrogens with two attached hydrogens (primary N) is 1. The van der Waals surface area contributed by atoms with E-state index in [4.69, 9.17) is 15.2 Å². The van der Waals surface area contributed by atoms with E-state index in [9.17, 15) is 4.79 Å². The number of rotatable bonds is 6. The zero-order chi connectivity index (χ0) is 19.6. The van der Waals surface area contributed by atoms with Gasteiger partial charge in [-0.2, -0.15) is 0 Å². The second-order valence-electron chi connectivity index (χ2n) is 6.11. The molecule has 2 aromatic carbocycles. The molecule has 0 aliphatic heterocycles. The summed E-state index contributed by atoms with van der Waals surface area (Å²) in [5, 5.41) is 3.69. The van der Waals surface area contributed by atoms with Crippen LogP contribution in [-0.2, 0) is 0 Å². The molecule has 0 aliphatic rings. The van der Waals surface area contributed by atoms with Gasteiger partial charge in [0.1, 0.15) is 22.2 Å². The van der Waals surface area contributed by atoms with Crippen LogP contribution in [0.15, 0.2) is 36.4 Å². The topological polar surface area (TPSA) is 86.5 Å². The van der Waals surface area contributed by atoms with E-state index in [0.717, 1.165) is 16.8 Å². The predicted octanol–water partition coefficient (Wildman–Crippen LogP) is 4.33. The molecule has 0 unspecified atom stereocenters. The minimum Gasteiger partial charge on any atom is -0.497 e. The van der Waals surface area contributed by atoms with Gasteiger partial charge in [-0.25, -0.2) is 4.98 Å². The Bertz CT molecular complexity index is 976. The Hall–Kier alpha value is -3.06. The summed E-state index contributed by atoms with van der Waals surface area (Å²) in [5.41, 5.74) is 9.32. The van der Waals surface area contributed by atoms with Gasteiger partial charge in [0.05, 0.1) is 14.2 Å². The van der Waals surface area contributed by atoms with Crippen LogP contribution >= 0.6 is 11.3 Å². The number of carbonyl (C=O) groups is 1. The van der Waals surface area contributed by atoms with Gasteiger partial charge >= 0.3 is 0 Å². The number of ketones is 1. The minimum absolute atomic E-state index is 0.123. The molecule has 0 saturated carbocycles. The first kappa shape index (κ1) is 18.7. The Morgan fingerprint density at radius 2 is 1.74 bits per heavy atom. The molecule has 1 heterocycles. The predicted molar refractivity (Wildman–Crippen MR) is 109 cm³/mol. The summed E-state index contributed by atoms with van der Waals surface area (Å²) < 4.78 is 10.5. The molecule has 0 amide bonds. The summed E-state index contributed by atoms with van der Waals surface area (Å²) in [5.74, 6) is 1.38. The van der Waals surface area contributed by atoms with Crippen LogP contribution in [0, 0.1) is 13.8 Å². The van der Waals surface area contributed by atoms with Gasteiger partial charge in [-0.3, -0.25) is 4.79 Å². The van der Waals surface area contributed by atoms with Crippen molar-refractivity contribution in [3.8, 4) is 11.5 Å². The second-order valence-corrected chi connectivity index (χ2v) is 7.11. The minimum atomic E-state index is -0.123. The summed E-state index contributed by atoms with van der Waals surface area (Å²) >= 11 is 1.22. The highest BCUT2D eigenvalue weighted by Crippen LogP contribution is 2.33. The lowest BCUT2D eigenvalue weighted by molar-refractivity contribution is 0.104. The van der Waals surface area contributed by atoms with E-state index in [1.807, 2.05) is 44.2 Å². The van der Waals surface area contributed by atoms with Crippen molar-refractivity contribution in [3.63, 3.8) is 0 Å².